The third-order valence-electron chi connectivity index (χ3n) is 7.07. The number of furan rings is 1. The van der Waals surface area contributed by atoms with Crippen molar-refractivity contribution in [1.29, 1.82) is 0 Å². The zero-order valence-corrected chi connectivity index (χ0v) is 22.1. The second-order valence-corrected chi connectivity index (χ2v) is 12.4. The van der Waals surface area contributed by atoms with Gasteiger partial charge in [-0.15, -0.1) is 11.3 Å². The van der Waals surface area contributed by atoms with Crippen molar-refractivity contribution >= 4 is 54.1 Å². The molecule has 0 spiro atoms. The average Bonchev–Trinajstić information content (AvgIpc) is 3.35. The standard InChI is InChI=1S/C32H31NOS/c1-18(2)15-25-19(3)35-31-23(25)11-12-24-28-27(34-30(24)31)13-14-33-29(28)21-16-20-9-7-8-10-22(20)26(17-21)32(4,5)6/h7-14,16-18H,15H2,1-6H3. The van der Waals surface area contributed by atoms with E-state index in [0.29, 0.717) is 5.92 Å². The Morgan fingerprint density at radius 3 is 2.49 bits per heavy atom. The van der Waals surface area contributed by atoms with Crippen molar-refractivity contribution in [2.24, 2.45) is 5.92 Å². The largest absolute Gasteiger partial charge is 0.454 e. The monoisotopic (exact) mass is 477 g/mol. The highest BCUT2D eigenvalue weighted by Crippen LogP contribution is 2.44. The summed E-state index contributed by atoms with van der Waals surface area (Å²) in [6.07, 6.45) is 2.98. The first-order chi connectivity index (χ1) is 16.7. The van der Waals surface area contributed by atoms with Crippen LogP contribution in [-0.4, -0.2) is 4.98 Å². The van der Waals surface area contributed by atoms with Crippen LogP contribution in [0.1, 0.15) is 50.6 Å². The normalized spacial score (nSPS) is 12.7. The van der Waals surface area contributed by atoms with Gasteiger partial charge in [0.25, 0.3) is 0 Å². The Balaban J connectivity index is 1.66. The minimum Gasteiger partial charge on any atom is -0.454 e. The summed E-state index contributed by atoms with van der Waals surface area (Å²) in [4.78, 5) is 6.31. The van der Waals surface area contributed by atoms with Crippen LogP contribution in [0.2, 0.25) is 0 Å². The van der Waals surface area contributed by atoms with Gasteiger partial charge in [0.2, 0.25) is 0 Å². The zero-order chi connectivity index (χ0) is 24.5. The Hall–Kier alpha value is -3.17. The smallest absolute Gasteiger partial charge is 0.153 e. The minimum atomic E-state index is 0.0233. The second kappa shape index (κ2) is 7.93. The van der Waals surface area contributed by atoms with E-state index in [1.807, 2.05) is 23.6 Å². The van der Waals surface area contributed by atoms with E-state index >= 15 is 0 Å². The number of fused-ring (bicyclic) bond motifs is 6. The van der Waals surface area contributed by atoms with E-state index in [2.05, 4.69) is 90.1 Å². The summed E-state index contributed by atoms with van der Waals surface area (Å²) < 4.78 is 7.81. The predicted molar refractivity (Wildman–Crippen MR) is 152 cm³/mol. The first-order valence-corrected chi connectivity index (χ1v) is 13.3. The Labute approximate surface area is 210 Å². The van der Waals surface area contributed by atoms with Gasteiger partial charge < -0.3 is 4.42 Å². The molecule has 3 heteroatoms. The molecule has 0 fully saturated rings. The number of benzene rings is 3. The van der Waals surface area contributed by atoms with Crippen molar-refractivity contribution in [2.75, 3.05) is 0 Å². The maximum absolute atomic E-state index is 6.56. The first-order valence-electron chi connectivity index (χ1n) is 12.5. The van der Waals surface area contributed by atoms with Crippen molar-refractivity contribution in [3.63, 3.8) is 0 Å². The van der Waals surface area contributed by atoms with Crippen LogP contribution in [-0.2, 0) is 11.8 Å². The molecule has 6 aromatic rings. The maximum Gasteiger partial charge on any atom is 0.153 e. The quantitative estimate of drug-likeness (QED) is 0.253. The van der Waals surface area contributed by atoms with Crippen LogP contribution in [0.4, 0.5) is 0 Å². The lowest BCUT2D eigenvalue weighted by Crippen LogP contribution is -2.12. The van der Waals surface area contributed by atoms with E-state index in [9.17, 15) is 0 Å². The second-order valence-electron chi connectivity index (χ2n) is 11.2. The molecule has 3 aromatic heterocycles. The van der Waals surface area contributed by atoms with E-state index in [-0.39, 0.29) is 5.41 Å². The van der Waals surface area contributed by atoms with Crippen molar-refractivity contribution in [3.8, 4) is 11.3 Å². The molecule has 6 rings (SSSR count). The zero-order valence-electron chi connectivity index (χ0n) is 21.3. The molecule has 35 heavy (non-hydrogen) atoms. The fourth-order valence-electron chi connectivity index (χ4n) is 5.45. The van der Waals surface area contributed by atoms with Gasteiger partial charge in [0, 0.05) is 22.0 Å². The van der Waals surface area contributed by atoms with Gasteiger partial charge in [0.15, 0.2) is 5.58 Å². The van der Waals surface area contributed by atoms with Gasteiger partial charge in [-0.3, -0.25) is 4.98 Å². The Morgan fingerprint density at radius 2 is 1.71 bits per heavy atom. The Bertz CT molecular complexity index is 1740. The molecular formula is C32H31NOS. The van der Waals surface area contributed by atoms with Gasteiger partial charge in [0.1, 0.15) is 5.58 Å². The number of aromatic nitrogens is 1. The molecular weight excluding hydrogens is 446 g/mol. The molecule has 176 valence electrons. The maximum atomic E-state index is 6.56. The molecule has 0 aliphatic heterocycles. The van der Waals surface area contributed by atoms with Crippen LogP contribution in [0.25, 0.3) is 54.1 Å². The molecule has 0 atom stereocenters. The van der Waals surface area contributed by atoms with Gasteiger partial charge in [0.05, 0.1) is 15.8 Å². The SMILES string of the molecule is Cc1sc2c(ccc3c2oc2ccnc(-c4cc(C(C)(C)C)c5ccccc5c4)c23)c1CC(C)C. The summed E-state index contributed by atoms with van der Waals surface area (Å²) >= 11 is 1.86. The van der Waals surface area contributed by atoms with Gasteiger partial charge in [-0.1, -0.05) is 65.0 Å². The first kappa shape index (κ1) is 22.3. The predicted octanol–water partition coefficient (Wildman–Crippen LogP) is 9.82. The fourth-order valence-corrected chi connectivity index (χ4v) is 6.62. The average molecular weight is 478 g/mol. The highest BCUT2D eigenvalue weighted by molar-refractivity contribution is 7.20. The van der Waals surface area contributed by atoms with E-state index in [1.54, 1.807) is 0 Å². The molecule has 0 bridgehead atoms. The summed E-state index contributed by atoms with van der Waals surface area (Å²) in [5, 5.41) is 6.15. The summed E-state index contributed by atoms with van der Waals surface area (Å²) in [6, 6.07) is 19.8. The van der Waals surface area contributed by atoms with Crippen molar-refractivity contribution < 1.29 is 4.42 Å². The fraction of sp³-hybridized carbons (Fsp3) is 0.281. The lowest BCUT2D eigenvalue weighted by molar-refractivity contribution is 0.596. The van der Waals surface area contributed by atoms with Gasteiger partial charge in [-0.05, 0) is 76.2 Å². The number of hydrogen-bond donors (Lipinski definition) is 0. The summed E-state index contributed by atoms with van der Waals surface area (Å²) in [5.74, 6) is 0.624. The van der Waals surface area contributed by atoms with Crippen molar-refractivity contribution in [1.82, 2.24) is 4.98 Å². The molecule has 0 N–H and O–H groups in total. The summed E-state index contributed by atoms with van der Waals surface area (Å²) in [5.41, 5.74) is 6.86. The molecule has 0 radical (unpaired) electrons. The molecule has 0 amide bonds. The third kappa shape index (κ3) is 3.56. The van der Waals surface area contributed by atoms with Crippen LogP contribution in [0, 0.1) is 12.8 Å². The summed E-state index contributed by atoms with van der Waals surface area (Å²) in [7, 11) is 0. The molecule has 0 saturated heterocycles. The van der Waals surface area contributed by atoms with Gasteiger partial charge in [-0.25, -0.2) is 0 Å². The highest BCUT2D eigenvalue weighted by Gasteiger charge is 2.22. The molecule has 0 saturated carbocycles. The topological polar surface area (TPSA) is 26.0 Å². The third-order valence-corrected chi connectivity index (χ3v) is 8.23. The lowest BCUT2D eigenvalue weighted by Gasteiger charge is -2.22. The van der Waals surface area contributed by atoms with Crippen LogP contribution < -0.4 is 0 Å². The van der Waals surface area contributed by atoms with Crippen molar-refractivity contribution in [2.45, 2.75) is 53.4 Å². The van der Waals surface area contributed by atoms with Crippen LogP contribution in [0.15, 0.2) is 65.2 Å². The van der Waals surface area contributed by atoms with Crippen LogP contribution in [0.3, 0.4) is 0 Å². The number of thiophene rings is 1. The van der Waals surface area contributed by atoms with E-state index in [4.69, 9.17) is 9.40 Å². The van der Waals surface area contributed by atoms with Crippen LogP contribution in [0.5, 0.6) is 0 Å². The molecule has 0 aliphatic rings. The Kier molecular flexibility index (Phi) is 5.05. The molecule has 0 unspecified atom stereocenters. The Morgan fingerprint density at radius 1 is 0.943 bits per heavy atom. The minimum absolute atomic E-state index is 0.0233. The van der Waals surface area contributed by atoms with E-state index in [0.717, 1.165) is 39.6 Å². The van der Waals surface area contributed by atoms with Gasteiger partial charge >= 0.3 is 0 Å². The number of hydrogen-bond acceptors (Lipinski definition) is 3. The summed E-state index contributed by atoms with van der Waals surface area (Å²) in [6.45, 7) is 13.7. The molecule has 0 aliphatic carbocycles. The number of rotatable bonds is 3. The number of pyridine rings is 1. The lowest BCUT2D eigenvalue weighted by atomic mass is 9.82. The number of aryl methyl sites for hydroxylation is 1. The van der Waals surface area contributed by atoms with E-state index < -0.39 is 0 Å². The van der Waals surface area contributed by atoms with Gasteiger partial charge in [-0.2, -0.15) is 0 Å². The highest BCUT2D eigenvalue weighted by atomic mass is 32.1. The molecule has 3 heterocycles. The van der Waals surface area contributed by atoms with E-state index in [1.165, 1.54) is 36.9 Å². The van der Waals surface area contributed by atoms with Crippen LogP contribution >= 0.6 is 11.3 Å². The molecule has 3 aromatic carbocycles. The molecule has 2 nitrogen and oxygen atoms in total. The number of nitrogens with zero attached hydrogens (tertiary/aromatic N) is 1. The van der Waals surface area contributed by atoms with Crippen molar-refractivity contribution in [3.05, 3.63) is 76.8 Å².